The minimum absolute atomic E-state index is 0.0814. The summed E-state index contributed by atoms with van der Waals surface area (Å²) in [7, 11) is 0. The molecule has 1 rings (SSSR count). The zero-order valence-electron chi connectivity index (χ0n) is 7.92. The quantitative estimate of drug-likeness (QED) is 0.499. The summed E-state index contributed by atoms with van der Waals surface area (Å²) in [4.78, 5) is 11.2. The highest BCUT2D eigenvalue weighted by Gasteiger charge is 2.14. The highest BCUT2D eigenvalue weighted by atomic mass is 16.2. The van der Waals surface area contributed by atoms with E-state index in [2.05, 4.69) is 22.8 Å². The van der Waals surface area contributed by atoms with Crippen LogP contribution in [0.1, 0.15) is 13.3 Å². The summed E-state index contributed by atoms with van der Waals surface area (Å²) in [6.45, 7) is 3.38. The molecular weight excluding hydrogens is 166 g/mol. The Morgan fingerprint density at radius 1 is 1.69 bits per heavy atom. The van der Waals surface area contributed by atoms with Crippen molar-refractivity contribution >= 4 is 5.91 Å². The van der Waals surface area contributed by atoms with Gasteiger partial charge in [-0.15, -0.1) is 0 Å². The van der Waals surface area contributed by atoms with Crippen molar-refractivity contribution in [2.45, 2.75) is 25.4 Å². The van der Waals surface area contributed by atoms with Gasteiger partial charge in [0.25, 0.3) is 0 Å². The number of nitrogens with one attached hydrogen (secondary N) is 2. The van der Waals surface area contributed by atoms with Gasteiger partial charge in [-0.3, -0.25) is 4.79 Å². The largest absolute Gasteiger partial charge is 0.350 e. The Morgan fingerprint density at radius 2 is 2.46 bits per heavy atom. The Hall–Kier alpha value is -0.870. The van der Waals surface area contributed by atoms with Gasteiger partial charge in [0.15, 0.2) is 0 Å². The third-order valence-electron chi connectivity index (χ3n) is 2.00. The summed E-state index contributed by atoms with van der Waals surface area (Å²) in [6, 6.07) is -0.246. The fourth-order valence-electron chi connectivity index (χ4n) is 1.21. The van der Waals surface area contributed by atoms with Crippen molar-refractivity contribution in [3.8, 4) is 0 Å². The summed E-state index contributed by atoms with van der Waals surface area (Å²) in [5.74, 6) is -0.0814. The molecule has 4 nitrogen and oxygen atoms in total. The predicted octanol–water partition coefficient (Wildman–Crippen LogP) is -0.632. The predicted molar refractivity (Wildman–Crippen MR) is 52.2 cm³/mol. The normalized spacial score (nSPS) is 24.9. The van der Waals surface area contributed by atoms with Crippen LogP contribution >= 0.6 is 0 Å². The molecule has 13 heavy (non-hydrogen) atoms. The molecule has 1 amide bonds. The van der Waals surface area contributed by atoms with Crippen molar-refractivity contribution in [3.05, 3.63) is 12.2 Å². The van der Waals surface area contributed by atoms with E-state index in [-0.39, 0.29) is 11.9 Å². The lowest BCUT2D eigenvalue weighted by Crippen LogP contribution is -2.47. The van der Waals surface area contributed by atoms with Crippen molar-refractivity contribution in [1.29, 1.82) is 0 Å². The third-order valence-corrected chi connectivity index (χ3v) is 2.00. The number of nitrogens with two attached hydrogens (primary N) is 1. The molecule has 1 unspecified atom stereocenters. The molecule has 0 aliphatic carbocycles. The Balaban J connectivity index is 2.35. The maximum atomic E-state index is 11.2. The first-order valence-corrected chi connectivity index (χ1v) is 4.62. The first-order valence-electron chi connectivity index (χ1n) is 4.62. The Bertz CT molecular complexity index is 201. The monoisotopic (exact) mass is 183 g/mol. The molecule has 4 N–H and O–H groups in total. The van der Waals surface area contributed by atoms with E-state index in [1.807, 2.05) is 0 Å². The van der Waals surface area contributed by atoms with E-state index < -0.39 is 6.04 Å². The minimum Gasteiger partial charge on any atom is -0.350 e. The highest BCUT2D eigenvalue weighted by molar-refractivity contribution is 5.81. The van der Waals surface area contributed by atoms with Gasteiger partial charge >= 0.3 is 0 Å². The van der Waals surface area contributed by atoms with Crippen molar-refractivity contribution in [2.75, 3.05) is 13.1 Å². The fraction of sp³-hybridized carbons (Fsp3) is 0.667. The lowest BCUT2D eigenvalue weighted by Gasteiger charge is -2.17. The fourth-order valence-corrected chi connectivity index (χ4v) is 1.21. The van der Waals surface area contributed by atoms with Crippen LogP contribution in [0.25, 0.3) is 0 Å². The topological polar surface area (TPSA) is 67.2 Å². The lowest BCUT2D eigenvalue weighted by molar-refractivity contribution is -0.122. The van der Waals surface area contributed by atoms with E-state index in [4.69, 9.17) is 5.73 Å². The first-order chi connectivity index (χ1) is 6.20. The van der Waals surface area contributed by atoms with E-state index in [0.717, 1.165) is 19.5 Å². The molecule has 2 atom stereocenters. The van der Waals surface area contributed by atoms with E-state index in [0.29, 0.717) is 0 Å². The molecule has 0 radical (unpaired) electrons. The van der Waals surface area contributed by atoms with E-state index in [9.17, 15) is 4.79 Å². The maximum Gasteiger partial charge on any atom is 0.236 e. The maximum absolute atomic E-state index is 11.2. The smallest absolute Gasteiger partial charge is 0.236 e. The van der Waals surface area contributed by atoms with Crippen LogP contribution in [0.15, 0.2) is 12.2 Å². The molecule has 0 aromatic carbocycles. The lowest BCUT2D eigenvalue weighted by atomic mass is 10.2. The molecular formula is C9H17N3O. The van der Waals surface area contributed by atoms with Crippen molar-refractivity contribution < 1.29 is 4.79 Å². The number of rotatable bonds is 2. The summed E-state index contributed by atoms with van der Waals surface area (Å²) in [5, 5.41) is 6.08. The number of amides is 1. The molecule has 1 aliphatic rings. The van der Waals surface area contributed by atoms with Crippen LogP contribution in [0.2, 0.25) is 0 Å². The second-order valence-corrected chi connectivity index (χ2v) is 3.36. The number of carbonyl (C=O) groups is 1. The van der Waals surface area contributed by atoms with Crippen LogP contribution in [0, 0.1) is 0 Å². The Kier molecular flexibility index (Phi) is 3.92. The molecule has 1 heterocycles. The molecule has 74 valence electrons. The van der Waals surface area contributed by atoms with Crippen LogP contribution in [0.3, 0.4) is 0 Å². The molecule has 4 heteroatoms. The first kappa shape index (κ1) is 10.2. The van der Waals surface area contributed by atoms with Crippen LogP contribution in [0.5, 0.6) is 0 Å². The summed E-state index contributed by atoms with van der Waals surface area (Å²) >= 11 is 0. The molecule has 0 aromatic heterocycles. The van der Waals surface area contributed by atoms with Gasteiger partial charge < -0.3 is 16.4 Å². The number of carbonyl (C=O) groups excluding carboxylic acids is 1. The SMILES string of the molecule is C[C@H](N)C(=O)NC1CC=CCNC1. The van der Waals surface area contributed by atoms with Crippen LogP contribution in [-0.4, -0.2) is 31.1 Å². The number of hydrogen-bond donors (Lipinski definition) is 3. The molecule has 0 fully saturated rings. The summed E-state index contributed by atoms with van der Waals surface area (Å²) < 4.78 is 0. The average Bonchev–Trinajstić information content (AvgIpc) is 2.32. The van der Waals surface area contributed by atoms with Gasteiger partial charge in [0.05, 0.1) is 6.04 Å². The van der Waals surface area contributed by atoms with Gasteiger partial charge in [-0.25, -0.2) is 0 Å². The highest BCUT2D eigenvalue weighted by Crippen LogP contribution is 1.96. The van der Waals surface area contributed by atoms with Gasteiger partial charge in [-0.1, -0.05) is 12.2 Å². The average molecular weight is 183 g/mol. The second-order valence-electron chi connectivity index (χ2n) is 3.36. The molecule has 1 aliphatic heterocycles. The molecule has 0 aromatic rings. The molecule has 0 bridgehead atoms. The van der Waals surface area contributed by atoms with E-state index in [1.165, 1.54) is 0 Å². The van der Waals surface area contributed by atoms with E-state index in [1.54, 1.807) is 6.92 Å². The third kappa shape index (κ3) is 3.57. The van der Waals surface area contributed by atoms with Gasteiger partial charge in [0, 0.05) is 19.1 Å². The van der Waals surface area contributed by atoms with Gasteiger partial charge in [-0.2, -0.15) is 0 Å². The summed E-state index contributed by atoms with van der Waals surface area (Å²) in [5.41, 5.74) is 5.44. The van der Waals surface area contributed by atoms with Crippen LogP contribution in [0.4, 0.5) is 0 Å². The summed E-state index contributed by atoms with van der Waals surface area (Å²) in [6.07, 6.45) is 5.02. The minimum atomic E-state index is -0.424. The van der Waals surface area contributed by atoms with Crippen molar-refractivity contribution in [2.24, 2.45) is 5.73 Å². The van der Waals surface area contributed by atoms with Gasteiger partial charge in [-0.05, 0) is 13.3 Å². The van der Waals surface area contributed by atoms with Crippen LogP contribution in [-0.2, 0) is 4.79 Å². The Labute approximate surface area is 78.6 Å². The molecule has 0 spiro atoms. The second kappa shape index (κ2) is 4.99. The van der Waals surface area contributed by atoms with Crippen molar-refractivity contribution in [1.82, 2.24) is 10.6 Å². The number of hydrogen-bond acceptors (Lipinski definition) is 3. The molecule has 0 saturated heterocycles. The zero-order valence-corrected chi connectivity index (χ0v) is 7.92. The van der Waals surface area contributed by atoms with E-state index >= 15 is 0 Å². The van der Waals surface area contributed by atoms with Crippen molar-refractivity contribution in [3.63, 3.8) is 0 Å². The van der Waals surface area contributed by atoms with Gasteiger partial charge in [0.2, 0.25) is 5.91 Å². The van der Waals surface area contributed by atoms with Crippen LogP contribution < -0.4 is 16.4 Å². The van der Waals surface area contributed by atoms with Gasteiger partial charge in [0.1, 0.15) is 0 Å². The Morgan fingerprint density at radius 3 is 3.15 bits per heavy atom. The molecule has 0 saturated carbocycles. The zero-order chi connectivity index (χ0) is 9.68. The standard InChI is InChI=1S/C9H17N3O/c1-7(10)9(13)12-8-4-2-3-5-11-6-8/h2-3,7-8,11H,4-6,10H2,1H3,(H,12,13)/t7-,8?/m0/s1.